The standard InChI is InChI=1S/C27H25FN2O5/c1-3-32-22-10-12-23-20(14-22)15-26(35-23)27(31)30-29-16-19-7-11-24(25(13-19)33-4-2)34-17-18-5-8-21(28)9-6-18/h5-16H,3-4,17H2,1-2H3,(H,30,31)/b29-16+. The molecule has 0 fully saturated rings. The summed E-state index contributed by atoms with van der Waals surface area (Å²) in [6, 6.07) is 18.4. The van der Waals surface area contributed by atoms with Crippen LogP contribution in [0.15, 0.2) is 76.2 Å². The summed E-state index contributed by atoms with van der Waals surface area (Å²) in [4.78, 5) is 12.5. The van der Waals surface area contributed by atoms with Crippen molar-refractivity contribution in [2.24, 2.45) is 5.10 Å². The number of nitrogens with one attached hydrogen (secondary N) is 1. The second-order valence-electron chi connectivity index (χ2n) is 7.50. The first-order valence-corrected chi connectivity index (χ1v) is 11.2. The van der Waals surface area contributed by atoms with Crippen LogP contribution in [0.2, 0.25) is 0 Å². The van der Waals surface area contributed by atoms with Crippen LogP contribution in [0.3, 0.4) is 0 Å². The molecule has 7 nitrogen and oxygen atoms in total. The number of hydrogen-bond donors (Lipinski definition) is 1. The molecule has 35 heavy (non-hydrogen) atoms. The topological polar surface area (TPSA) is 82.3 Å². The molecule has 4 aromatic rings. The van der Waals surface area contributed by atoms with Crippen LogP contribution in [0.4, 0.5) is 4.39 Å². The second kappa shape index (κ2) is 11.2. The number of amides is 1. The van der Waals surface area contributed by atoms with E-state index in [1.807, 2.05) is 19.9 Å². The van der Waals surface area contributed by atoms with Crippen LogP contribution >= 0.6 is 0 Å². The number of fused-ring (bicyclic) bond motifs is 1. The zero-order valence-corrected chi connectivity index (χ0v) is 19.4. The van der Waals surface area contributed by atoms with Crippen LogP contribution in [0.1, 0.15) is 35.5 Å². The van der Waals surface area contributed by atoms with Crippen LogP contribution in [-0.4, -0.2) is 25.3 Å². The number of ether oxygens (including phenoxy) is 3. The van der Waals surface area contributed by atoms with Gasteiger partial charge in [-0.25, -0.2) is 9.82 Å². The van der Waals surface area contributed by atoms with E-state index in [1.165, 1.54) is 18.3 Å². The zero-order chi connectivity index (χ0) is 24.6. The maximum atomic E-state index is 13.1. The van der Waals surface area contributed by atoms with E-state index in [0.717, 1.165) is 10.9 Å². The van der Waals surface area contributed by atoms with Crippen molar-refractivity contribution in [2.45, 2.75) is 20.5 Å². The Kier molecular flexibility index (Phi) is 7.62. The van der Waals surface area contributed by atoms with Crippen LogP contribution in [0.25, 0.3) is 11.0 Å². The van der Waals surface area contributed by atoms with E-state index in [2.05, 4.69) is 10.5 Å². The monoisotopic (exact) mass is 476 g/mol. The van der Waals surface area contributed by atoms with Crippen molar-refractivity contribution in [3.63, 3.8) is 0 Å². The summed E-state index contributed by atoms with van der Waals surface area (Å²) in [5.74, 6) is 1.17. The first-order valence-electron chi connectivity index (χ1n) is 11.2. The van der Waals surface area contributed by atoms with Gasteiger partial charge >= 0.3 is 5.91 Å². The quantitative estimate of drug-likeness (QED) is 0.234. The Balaban J connectivity index is 1.40. The van der Waals surface area contributed by atoms with Crippen molar-refractivity contribution < 1.29 is 27.8 Å². The average molecular weight is 477 g/mol. The minimum absolute atomic E-state index is 0.144. The summed E-state index contributed by atoms with van der Waals surface area (Å²) in [5.41, 5.74) is 4.59. The van der Waals surface area contributed by atoms with Gasteiger partial charge < -0.3 is 18.6 Å². The third-order valence-electron chi connectivity index (χ3n) is 4.98. The molecular weight excluding hydrogens is 451 g/mol. The second-order valence-corrected chi connectivity index (χ2v) is 7.50. The summed E-state index contributed by atoms with van der Waals surface area (Å²) in [6.07, 6.45) is 1.50. The molecule has 1 N–H and O–H groups in total. The summed E-state index contributed by atoms with van der Waals surface area (Å²) in [7, 11) is 0. The molecule has 0 spiro atoms. The molecule has 8 heteroatoms. The predicted octanol–water partition coefficient (Wildman–Crippen LogP) is 5.71. The summed E-state index contributed by atoms with van der Waals surface area (Å²) in [5, 5.41) is 4.79. The van der Waals surface area contributed by atoms with Crippen LogP contribution in [0.5, 0.6) is 17.2 Å². The average Bonchev–Trinajstić information content (AvgIpc) is 3.29. The van der Waals surface area contributed by atoms with Crippen molar-refractivity contribution in [3.8, 4) is 17.2 Å². The normalized spacial score (nSPS) is 11.1. The lowest BCUT2D eigenvalue weighted by atomic mass is 10.2. The highest BCUT2D eigenvalue weighted by Gasteiger charge is 2.12. The van der Waals surface area contributed by atoms with Gasteiger partial charge in [0.25, 0.3) is 0 Å². The fourth-order valence-electron chi connectivity index (χ4n) is 3.34. The van der Waals surface area contributed by atoms with Gasteiger partial charge in [-0.05, 0) is 79.6 Å². The Hall–Kier alpha value is -4.33. The highest BCUT2D eigenvalue weighted by atomic mass is 19.1. The fraction of sp³-hybridized carbons (Fsp3) is 0.185. The lowest BCUT2D eigenvalue weighted by molar-refractivity contribution is 0.0929. The number of nitrogens with zero attached hydrogens (tertiary/aromatic N) is 1. The molecule has 0 saturated carbocycles. The number of hydrazone groups is 1. The maximum Gasteiger partial charge on any atom is 0.307 e. The summed E-state index contributed by atoms with van der Waals surface area (Å²) >= 11 is 0. The largest absolute Gasteiger partial charge is 0.494 e. The lowest BCUT2D eigenvalue weighted by Crippen LogP contribution is -2.16. The molecule has 0 saturated heterocycles. The van der Waals surface area contributed by atoms with E-state index in [4.69, 9.17) is 18.6 Å². The van der Waals surface area contributed by atoms with Crippen molar-refractivity contribution in [1.29, 1.82) is 0 Å². The Bertz CT molecular complexity index is 1330. The molecule has 1 amide bonds. The van der Waals surface area contributed by atoms with E-state index in [9.17, 15) is 9.18 Å². The molecule has 3 aromatic carbocycles. The van der Waals surface area contributed by atoms with Crippen molar-refractivity contribution in [2.75, 3.05) is 13.2 Å². The molecule has 0 aliphatic rings. The Morgan fingerprint density at radius 2 is 1.74 bits per heavy atom. The van der Waals surface area contributed by atoms with E-state index in [1.54, 1.807) is 48.5 Å². The molecule has 4 rings (SSSR count). The Morgan fingerprint density at radius 1 is 0.943 bits per heavy atom. The number of benzene rings is 3. The van der Waals surface area contributed by atoms with Crippen LogP contribution < -0.4 is 19.6 Å². The molecule has 0 aliphatic heterocycles. The first kappa shape index (κ1) is 23.8. The smallest absolute Gasteiger partial charge is 0.307 e. The maximum absolute atomic E-state index is 13.1. The van der Waals surface area contributed by atoms with E-state index in [0.29, 0.717) is 41.6 Å². The van der Waals surface area contributed by atoms with Crippen molar-refractivity contribution >= 4 is 23.1 Å². The van der Waals surface area contributed by atoms with Gasteiger partial charge in [0.15, 0.2) is 17.3 Å². The SMILES string of the molecule is CCOc1ccc2oc(C(=O)N/N=C/c3ccc(OCc4ccc(F)cc4)c(OCC)c3)cc2c1. The molecule has 1 heterocycles. The number of furan rings is 1. The van der Waals surface area contributed by atoms with Crippen LogP contribution in [-0.2, 0) is 6.61 Å². The molecule has 0 bridgehead atoms. The molecule has 180 valence electrons. The van der Waals surface area contributed by atoms with Gasteiger partial charge in [0.1, 0.15) is 23.8 Å². The molecule has 0 atom stereocenters. The van der Waals surface area contributed by atoms with E-state index >= 15 is 0 Å². The number of hydrogen-bond acceptors (Lipinski definition) is 6. The van der Waals surface area contributed by atoms with Gasteiger partial charge in [-0.2, -0.15) is 5.10 Å². The molecule has 0 unspecified atom stereocenters. The van der Waals surface area contributed by atoms with Gasteiger partial charge in [-0.1, -0.05) is 12.1 Å². The molecule has 1 aromatic heterocycles. The van der Waals surface area contributed by atoms with E-state index in [-0.39, 0.29) is 18.2 Å². The molecular formula is C27H25FN2O5. The number of carbonyl (C=O) groups excluding carboxylic acids is 1. The number of halogens is 1. The van der Waals surface area contributed by atoms with Crippen molar-refractivity contribution in [1.82, 2.24) is 5.43 Å². The van der Waals surface area contributed by atoms with Gasteiger partial charge in [0.2, 0.25) is 0 Å². The highest BCUT2D eigenvalue weighted by Crippen LogP contribution is 2.29. The Morgan fingerprint density at radius 3 is 2.51 bits per heavy atom. The molecule has 0 aliphatic carbocycles. The number of carbonyl (C=O) groups is 1. The highest BCUT2D eigenvalue weighted by molar-refractivity contribution is 5.96. The lowest BCUT2D eigenvalue weighted by Gasteiger charge is -2.12. The Labute approximate surface area is 202 Å². The van der Waals surface area contributed by atoms with Gasteiger partial charge in [0.05, 0.1) is 19.4 Å². The minimum Gasteiger partial charge on any atom is -0.494 e. The zero-order valence-electron chi connectivity index (χ0n) is 19.4. The third kappa shape index (κ3) is 6.17. The number of rotatable bonds is 10. The van der Waals surface area contributed by atoms with Crippen molar-refractivity contribution in [3.05, 3.63) is 89.4 Å². The predicted molar refractivity (Wildman–Crippen MR) is 131 cm³/mol. The third-order valence-corrected chi connectivity index (χ3v) is 4.98. The minimum atomic E-state index is -0.473. The summed E-state index contributed by atoms with van der Waals surface area (Å²) in [6.45, 7) is 5.05. The van der Waals surface area contributed by atoms with Gasteiger partial charge in [-0.15, -0.1) is 0 Å². The summed E-state index contributed by atoms with van der Waals surface area (Å²) < 4.78 is 35.7. The van der Waals surface area contributed by atoms with Crippen LogP contribution in [0, 0.1) is 5.82 Å². The van der Waals surface area contributed by atoms with E-state index < -0.39 is 5.91 Å². The van der Waals surface area contributed by atoms with Gasteiger partial charge in [0, 0.05) is 5.39 Å². The first-order chi connectivity index (χ1) is 17.1. The van der Waals surface area contributed by atoms with Gasteiger partial charge in [-0.3, -0.25) is 4.79 Å². The molecule has 0 radical (unpaired) electrons. The fourth-order valence-corrected chi connectivity index (χ4v) is 3.34.